The molecule has 0 radical (unpaired) electrons. The zero-order valence-corrected chi connectivity index (χ0v) is 15.2. The summed E-state index contributed by atoms with van der Waals surface area (Å²) in [4.78, 5) is 39.2. The second-order valence-corrected chi connectivity index (χ2v) is 6.70. The van der Waals surface area contributed by atoms with Gasteiger partial charge in [0.15, 0.2) is 12.3 Å². The number of benzene rings is 1. The fourth-order valence-corrected chi connectivity index (χ4v) is 3.28. The standard InChI is InChI=1S/C19H17N3O4S/c1-2-9-22(11-13-6-5-10-27-13)16(23)12-26-19(25)17-14-7-3-4-8-15(14)18(24)21-20-17/h2-8,10H,1,9,11-12H2,(H,21,24). The smallest absolute Gasteiger partial charge is 0.359 e. The highest BCUT2D eigenvalue weighted by Crippen LogP contribution is 2.14. The van der Waals surface area contributed by atoms with Gasteiger partial charge in [-0.05, 0) is 17.5 Å². The number of carbonyl (C=O) groups excluding carboxylic acids is 2. The Balaban J connectivity index is 1.71. The van der Waals surface area contributed by atoms with Crippen LogP contribution < -0.4 is 5.56 Å². The number of aromatic nitrogens is 2. The largest absolute Gasteiger partial charge is 0.451 e. The Morgan fingerprint density at radius 3 is 2.70 bits per heavy atom. The predicted molar refractivity (Wildman–Crippen MR) is 103 cm³/mol. The average Bonchev–Trinajstić information content (AvgIpc) is 3.19. The van der Waals surface area contributed by atoms with Crippen LogP contribution in [0.1, 0.15) is 15.4 Å². The van der Waals surface area contributed by atoms with E-state index in [0.717, 1.165) is 4.88 Å². The van der Waals surface area contributed by atoms with E-state index in [-0.39, 0.29) is 11.6 Å². The minimum atomic E-state index is -0.773. The van der Waals surface area contributed by atoms with Crippen LogP contribution in [0.2, 0.25) is 0 Å². The molecule has 7 nitrogen and oxygen atoms in total. The maximum Gasteiger partial charge on any atom is 0.359 e. The molecule has 0 saturated heterocycles. The average molecular weight is 383 g/mol. The quantitative estimate of drug-likeness (QED) is 0.499. The highest BCUT2D eigenvalue weighted by molar-refractivity contribution is 7.09. The van der Waals surface area contributed by atoms with Gasteiger partial charge in [0.05, 0.1) is 11.9 Å². The van der Waals surface area contributed by atoms with E-state index in [0.29, 0.717) is 23.9 Å². The van der Waals surface area contributed by atoms with E-state index in [2.05, 4.69) is 16.8 Å². The molecule has 2 aromatic heterocycles. The topological polar surface area (TPSA) is 92.4 Å². The molecule has 1 N–H and O–H groups in total. The minimum absolute atomic E-state index is 0.0356. The van der Waals surface area contributed by atoms with Gasteiger partial charge in [-0.15, -0.1) is 17.9 Å². The van der Waals surface area contributed by atoms with Crippen LogP contribution in [-0.4, -0.2) is 40.1 Å². The highest BCUT2D eigenvalue weighted by Gasteiger charge is 2.19. The van der Waals surface area contributed by atoms with Crippen LogP contribution in [0.4, 0.5) is 0 Å². The van der Waals surface area contributed by atoms with Gasteiger partial charge in [-0.25, -0.2) is 9.89 Å². The number of amides is 1. The molecule has 138 valence electrons. The summed E-state index contributed by atoms with van der Waals surface area (Å²) >= 11 is 1.54. The lowest BCUT2D eigenvalue weighted by Gasteiger charge is -2.20. The van der Waals surface area contributed by atoms with E-state index in [1.165, 1.54) is 11.3 Å². The molecular formula is C19H17N3O4S. The lowest BCUT2D eigenvalue weighted by molar-refractivity contribution is -0.134. The molecule has 0 aliphatic heterocycles. The molecule has 0 atom stereocenters. The molecule has 2 heterocycles. The van der Waals surface area contributed by atoms with Gasteiger partial charge < -0.3 is 9.64 Å². The number of hydrogen-bond donors (Lipinski definition) is 1. The Hall–Kier alpha value is -3.26. The fourth-order valence-electron chi connectivity index (χ4n) is 2.56. The van der Waals surface area contributed by atoms with Crippen molar-refractivity contribution in [1.82, 2.24) is 15.1 Å². The Labute approximate surface area is 158 Å². The third-order valence-corrected chi connectivity index (χ3v) is 4.71. The number of hydrogen-bond acceptors (Lipinski definition) is 6. The molecule has 8 heteroatoms. The molecule has 1 aromatic carbocycles. The van der Waals surface area contributed by atoms with E-state index < -0.39 is 18.1 Å². The second kappa shape index (κ2) is 8.41. The van der Waals surface area contributed by atoms with Gasteiger partial charge in [-0.2, -0.15) is 5.10 Å². The summed E-state index contributed by atoms with van der Waals surface area (Å²) in [7, 11) is 0. The number of nitrogens with one attached hydrogen (secondary N) is 1. The molecule has 27 heavy (non-hydrogen) atoms. The summed E-state index contributed by atoms with van der Waals surface area (Å²) in [5, 5.41) is 8.68. The Bertz CT molecular complexity index is 1030. The molecular weight excluding hydrogens is 366 g/mol. The highest BCUT2D eigenvalue weighted by atomic mass is 32.1. The Kier molecular flexibility index (Phi) is 5.77. The lowest BCUT2D eigenvalue weighted by atomic mass is 10.1. The molecule has 3 rings (SSSR count). The molecule has 0 aliphatic rings. The number of nitrogens with zero attached hydrogens (tertiary/aromatic N) is 2. The number of thiophene rings is 1. The first-order valence-electron chi connectivity index (χ1n) is 8.15. The van der Waals surface area contributed by atoms with Crippen molar-refractivity contribution in [3.05, 3.63) is 75.4 Å². The first-order valence-corrected chi connectivity index (χ1v) is 9.03. The summed E-state index contributed by atoms with van der Waals surface area (Å²) in [6.45, 7) is 3.99. The summed E-state index contributed by atoms with van der Waals surface area (Å²) in [5.74, 6) is -1.11. The Morgan fingerprint density at radius 2 is 2.00 bits per heavy atom. The molecule has 0 unspecified atom stereocenters. The lowest BCUT2D eigenvalue weighted by Crippen LogP contribution is -2.34. The van der Waals surface area contributed by atoms with Crippen molar-refractivity contribution in [1.29, 1.82) is 0 Å². The summed E-state index contributed by atoms with van der Waals surface area (Å²) in [6, 6.07) is 10.4. The van der Waals surface area contributed by atoms with Crippen LogP contribution in [0, 0.1) is 0 Å². The SMILES string of the molecule is C=CCN(Cc1cccs1)C(=O)COC(=O)c1n[nH]c(=O)c2ccccc12. The molecule has 0 bridgehead atoms. The number of fused-ring (bicyclic) bond motifs is 1. The third-order valence-electron chi connectivity index (χ3n) is 3.85. The molecule has 0 aliphatic carbocycles. The van der Waals surface area contributed by atoms with Crippen molar-refractivity contribution in [2.45, 2.75) is 6.54 Å². The number of rotatable bonds is 7. The van der Waals surface area contributed by atoms with E-state index in [1.54, 1.807) is 35.2 Å². The van der Waals surface area contributed by atoms with Crippen LogP contribution in [0.15, 0.2) is 59.2 Å². The Morgan fingerprint density at radius 1 is 1.22 bits per heavy atom. The normalized spacial score (nSPS) is 10.5. The zero-order chi connectivity index (χ0) is 19.2. The first kappa shape index (κ1) is 18.5. The zero-order valence-electron chi connectivity index (χ0n) is 14.4. The predicted octanol–water partition coefficient (Wildman–Crippen LogP) is 2.36. The molecule has 1 amide bonds. The van der Waals surface area contributed by atoms with Crippen molar-refractivity contribution in [3.8, 4) is 0 Å². The van der Waals surface area contributed by atoms with Crippen molar-refractivity contribution < 1.29 is 14.3 Å². The monoisotopic (exact) mass is 383 g/mol. The molecule has 0 spiro atoms. The van der Waals surface area contributed by atoms with Gasteiger partial charge >= 0.3 is 5.97 Å². The number of H-pyrrole nitrogens is 1. The van der Waals surface area contributed by atoms with Crippen molar-refractivity contribution >= 4 is 34.0 Å². The second-order valence-electron chi connectivity index (χ2n) is 5.67. The maximum absolute atomic E-state index is 12.4. The number of ether oxygens (including phenoxy) is 1. The molecule has 0 saturated carbocycles. The van der Waals surface area contributed by atoms with Crippen LogP contribution in [0.25, 0.3) is 10.8 Å². The van der Waals surface area contributed by atoms with Crippen molar-refractivity contribution in [2.24, 2.45) is 0 Å². The van der Waals surface area contributed by atoms with E-state index in [9.17, 15) is 14.4 Å². The van der Waals surface area contributed by atoms with Gasteiger partial charge in [0.2, 0.25) is 0 Å². The third kappa shape index (κ3) is 4.29. The minimum Gasteiger partial charge on any atom is -0.451 e. The van der Waals surface area contributed by atoms with E-state index in [1.807, 2.05) is 17.5 Å². The van der Waals surface area contributed by atoms with Gasteiger partial charge in [-0.1, -0.05) is 30.3 Å². The van der Waals surface area contributed by atoms with Crippen LogP contribution >= 0.6 is 11.3 Å². The van der Waals surface area contributed by atoms with E-state index in [4.69, 9.17) is 4.74 Å². The van der Waals surface area contributed by atoms with Crippen LogP contribution in [0.5, 0.6) is 0 Å². The summed E-state index contributed by atoms with van der Waals surface area (Å²) in [5.41, 5.74) is -0.433. The van der Waals surface area contributed by atoms with Gasteiger partial charge in [0.25, 0.3) is 11.5 Å². The number of aromatic amines is 1. The van der Waals surface area contributed by atoms with Gasteiger partial charge in [-0.3, -0.25) is 9.59 Å². The van der Waals surface area contributed by atoms with Crippen LogP contribution in [-0.2, 0) is 16.1 Å². The first-order chi connectivity index (χ1) is 13.1. The fraction of sp³-hybridized carbons (Fsp3) is 0.158. The number of carbonyl (C=O) groups is 2. The maximum atomic E-state index is 12.4. The van der Waals surface area contributed by atoms with Crippen LogP contribution in [0.3, 0.4) is 0 Å². The van der Waals surface area contributed by atoms with Crippen molar-refractivity contribution in [2.75, 3.05) is 13.2 Å². The summed E-state index contributed by atoms with van der Waals surface area (Å²) in [6.07, 6.45) is 1.62. The molecule has 3 aromatic rings. The van der Waals surface area contributed by atoms with Gasteiger partial charge in [0.1, 0.15) is 0 Å². The summed E-state index contributed by atoms with van der Waals surface area (Å²) < 4.78 is 5.14. The van der Waals surface area contributed by atoms with E-state index >= 15 is 0 Å². The number of esters is 1. The van der Waals surface area contributed by atoms with Gasteiger partial charge in [0, 0.05) is 16.8 Å². The molecule has 0 fully saturated rings. The van der Waals surface area contributed by atoms with Crippen molar-refractivity contribution in [3.63, 3.8) is 0 Å².